The first-order chi connectivity index (χ1) is 10.1. The smallest absolute Gasteiger partial charge is 0.169 e. The van der Waals surface area contributed by atoms with E-state index in [1.807, 2.05) is 32.8 Å². The van der Waals surface area contributed by atoms with E-state index in [-0.39, 0.29) is 0 Å². The van der Waals surface area contributed by atoms with Gasteiger partial charge in [0.15, 0.2) is 5.82 Å². The van der Waals surface area contributed by atoms with Crippen LogP contribution in [0.2, 0.25) is 0 Å². The van der Waals surface area contributed by atoms with Gasteiger partial charge in [-0.15, -0.1) is 5.10 Å². The van der Waals surface area contributed by atoms with E-state index in [1.54, 1.807) is 4.68 Å². The van der Waals surface area contributed by atoms with Crippen molar-refractivity contribution in [1.29, 1.82) is 5.26 Å². The fourth-order valence-corrected chi connectivity index (χ4v) is 2.30. The molecule has 0 fully saturated rings. The number of hydrogen-bond acceptors (Lipinski definition) is 6. The number of nitrogens with zero attached hydrogens (tertiary/aromatic N) is 7. The van der Waals surface area contributed by atoms with Crippen LogP contribution in [0.25, 0.3) is 0 Å². The summed E-state index contributed by atoms with van der Waals surface area (Å²) in [7, 11) is 3.72. The van der Waals surface area contributed by atoms with Crippen LogP contribution < -0.4 is 4.90 Å². The summed E-state index contributed by atoms with van der Waals surface area (Å²) in [4.78, 5) is 6.08. The average Bonchev–Trinajstić information content (AvgIpc) is 2.90. The fraction of sp³-hybridized carbons (Fsp3) is 0.500. The highest BCUT2D eigenvalue weighted by atomic mass is 15.3. The summed E-state index contributed by atoms with van der Waals surface area (Å²) in [6, 6.07) is 2.28. The Morgan fingerprint density at radius 1 is 1.29 bits per heavy atom. The summed E-state index contributed by atoms with van der Waals surface area (Å²) in [5, 5.41) is 22.0. The molecule has 0 atom stereocenters. The highest BCUT2D eigenvalue weighted by molar-refractivity contribution is 5.57. The van der Waals surface area contributed by atoms with E-state index >= 15 is 0 Å². The van der Waals surface area contributed by atoms with Crippen LogP contribution in [0, 0.1) is 11.3 Å². The lowest BCUT2D eigenvalue weighted by atomic mass is 10.0. The van der Waals surface area contributed by atoms with Gasteiger partial charge in [0.25, 0.3) is 0 Å². The van der Waals surface area contributed by atoms with Crippen molar-refractivity contribution in [2.24, 2.45) is 7.05 Å². The zero-order valence-electron chi connectivity index (χ0n) is 12.8. The molecule has 0 saturated heterocycles. The molecule has 2 rings (SSSR count). The molecular formula is C14H19N7. The second-order valence-corrected chi connectivity index (χ2v) is 4.80. The third kappa shape index (κ3) is 2.84. The Bertz CT molecular complexity index is 668. The Kier molecular flexibility index (Phi) is 4.48. The first-order valence-corrected chi connectivity index (χ1v) is 6.94. The lowest BCUT2D eigenvalue weighted by Gasteiger charge is -2.20. The minimum atomic E-state index is 0.522. The van der Waals surface area contributed by atoms with Gasteiger partial charge in [-0.2, -0.15) is 15.5 Å². The van der Waals surface area contributed by atoms with Gasteiger partial charge in [-0.1, -0.05) is 13.8 Å². The summed E-state index contributed by atoms with van der Waals surface area (Å²) in [6.45, 7) is 4.57. The van der Waals surface area contributed by atoms with Gasteiger partial charge in [0.1, 0.15) is 23.8 Å². The van der Waals surface area contributed by atoms with Crippen LogP contribution in [0.1, 0.15) is 36.5 Å². The molecule has 7 heteroatoms. The zero-order valence-corrected chi connectivity index (χ0v) is 12.8. The third-order valence-corrected chi connectivity index (χ3v) is 3.48. The molecule has 0 N–H and O–H groups in total. The maximum atomic E-state index is 9.50. The Morgan fingerprint density at radius 3 is 2.57 bits per heavy atom. The van der Waals surface area contributed by atoms with Crippen LogP contribution in [0.5, 0.6) is 0 Å². The maximum Gasteiger partial charge on any atom is 0.169 e. The summed E-state index contributed by atoms with van der Waals surface area (Å²) < 4.78 is 1.71. The second kappa shape index (κ2) is 6.31. The van der Waals surface area contributed by atoms with Gasteiger partial charge < -0.3 is 4.90 Å². The van der Waals surface area contributed by atoms with E-state index in [0.717, 1.165) is 29.9 Å². The van der Waals surface area contributed by atoms with Gasteiger partial charge in [-0.25, -0.2) is 4.98 Å². The normalized spacial score (nSPS) is 10.4. The molecule has 7 nitrogen and oxygen atoms in total. The van der Waals surface area contributed by atoms with Crippen molar-refractivity contribution in [2.45, 2.75) is 33.2 Å². The number of anilines is 1. The number of hydrogen-bond donors (Lipinski definition) is 0. The number of aryl methyl sites for hydroxylation is 2. The molecule has 0 saturated carbocycles. The van der Waals surface area contributed by atoms with E-state index in [2.05, 4.69) is 26.3 Å². The molecule has 0 radical (unpaired) electrons. The lowest BCUT2D eigenvalue weighted by molar-refractivity contribution is 0.682. The van der Waals surface area contributed by atoms with Crippen molar-refractivity contribution < 1.29 is 0 Å². The maximum absolute atomic E-state index is 9.50. The van der Waals surface area contributed by atoms with E-state index in [4.69, 9.17) is 0 Å². The van der Waals surface area contributed by atoms with Gasteiger partial charge in [0, 0.05) is 14.1 Å². The van der Waals surface area contributed by atoms with Gasteiger partial charge in [0.05, 0.1) is 12.2 Å². The molecule has 0 aromatic carbocycles. The topological polar surface area (TPSA) is 83.5 Å². The van der Waals surface area contributed by atoms with Gasteiger partial charge in [0.2, 0.25) is 0 Å². The molecule has 0 amide bonds. The van der Waals surface area contributed by atoms with Crippen LogP contribution in [-0.2, 0) is 26.4 Å². The van der Waals surface area contributed by atoms with Crippen LogP contribution in [0.3, 0.4) is 0 Å². The monoisotopic (exact) mass is 285 g/mol. The number of nitriles is 1. The highest BCUT2D eigenvalue weighted by Crippen LogP contribution is 2.23. The van der Waals surface area contributed by atoms with Gasteiger partial charge in [-0.05, 0) is 18.4 Å². The number of rotatable bonds is 5. The minimum absolute atomic E-state index is 0.522. The summed E-state index contributed by atoms with van der Waals surface area (Å²) in [5.74, 6) is 1.40. The number of aromatic nitrogens is 5. The molecule has 0 spiro atoms. The minimum Gasteiger partial charge on any atom is -0.350 e. The fourth-order valence-electron chi connectivity index (χ4n) is 2.30. The largest absolute Gasteiger partial charge is 0.350 e. The van der Waals surface area contributed by atoms with Crippen LogP contribution in [-0.4, -0.2) is 32.0 Å². The molecule has 0 bridgehead atoms. The predicted molar refractivity (Wildman–Crippen MR) is 78.6 cm³/mol. The Balaban J connectivity index is 2.39. The molecule has 0 aliphatic carbocycles. The Morgan fingerprint density at radius 2 is 2.05 bits per heavy atom. The Labute approximate surface area is 124 Å². The molecule has 110 valence electrons. The molecule has 2 aromatic rings. The SMILES string of the molecule is CCc1nnc(N(C)Cc2ncnn2C)c(C#N)c1CC. The van der Waals surface area contributed by atoms with Gasteiger partial charge >= 0.3 is 0 Å². The Hall–Kier alpha value is -2.49. The van der Waals surface area contributed by atoms with E-state index in [0.29, 0.717) is 17.9 Å². The van der Waals surface area contributed by atoms with Crippen LogP contribution >= 0.6 is 0 Å². The van der Waals surface area contributed by atoms with E-state index < -0.39 is 0 Å². The molecule has 2 heterocycles. The summed E-state index contributed by atoms with van der Waals surface area (Å²) in [5.41, 5.74) is 2.48. The van der Waals surface area contributed by atoms with Crippen molar-refractivity contribution in [3.05, 3.63) is 29.0 Å². The molecular weight excluding hydrogens is 266 g/mol. The predicted octanol–water partition coefficient (Wildman–Crippen LogP) is 1.24. The second-order valence-electron chi connectivity index (χ2n) is 4.80. The summed E-state index contributed by atoms with van der Waals surface area (Å²) >= 11 is 0. The van der Waals surface area contributed by atoms with Crippen molar-refractivity contribution in [2.75, 3.05) is 11.9 Å². The zero-order chi connectivity index (χ0) is 15.4. The van der Waals surface area contributed by atoms with Crippen molar-refractivity contribution in [1.82, 2.24) is 25.0 Å². The quantitative estimate of drug-likeness (QED) is 0.821. The first kappa shape index (κ1) is 14.9. The lowest BCUT2D eigenvalue weighted by Crippen LogP contribution is -2.23. The summed E-state index contributed by atoms with van der Waals surface area (Å²) in [6.07, 6.45) is 3.06. The standard InChI is InChI=1S/C14H19N7/c1-5-10-11(7-15)14(19-18-12(10)6-2)20(3)8-13-16-9-17-21(13)4/h9H,5-6,8H2,1-4H3. The van der Waals surface area contributed by atoms with Gasteiger partial charge in [-0.3, -0.25) is 4.68 Å². The van der Waals surface area contributed by atoms with Crippen molar-refractivity contribution >= 4 is 5.82 Å². The molecule has 21 heavy (non-hydrogen) atoms. The van der Waals surface area contributed by atoms with Crippen LogP contribution in [0.15, 0.2) is 6.33 Å². The third-order valence-electron chi connectivity index (χ3n) is 3.48. The molecule has 0 aliphatic heterocycles. The van der Waals surface area contributed by atoms with Crippen molar-refractivity contribution in [3.63, 3.8) is 0 Å². The highest BCUT2D eigenvalue weighted by Gasteiger charge is 2.18. The van der Waals surface area contributed by atoms with Crippen molar-refractivity contribution in [3.8, 4) is 6.07 Å². The first-order valence-electron chi connectivity index (χ1n) is 6.94. The average molecular weight is 285 g/mol. The van der Waals surface area contributed by atoms with E-state index in [1.165, 1.54) is 6.33 Å². The molecule has 0 aliphatic rings. The molecule has 2 aromatic heterocycles. The van der Waals surface area contributed by atoms with E-state index in [9.17, 15) is 5.26 Å². The molecule has 0 unspecified atom stereocenters. The van der Waals surface area contributed by atoms with Crippen LogP contribution in [0.4, 0.5) is 5.82 Å².